The molecule has 0 amide bonds. The van der Waals surface area contributed by atoms with E-state index in [9.17, 15) is 0 Å². The summed E-state index contributed by atoms with van der Waals surface area (Å²) < 4.78 is 8.35. The molecule has 1 atom stereocenters. The fraction of sp³-hybridized carbons (Fsp3) is 0.267. The summed E-state index contributed by atoms with van der Waals surface area (Å²) in [6, 6.07) is 10.6. The number of thiophene rings is 1. The molecule has 0 radical (unpaired) electrons. The zero-order valence-corrected chi connectivity index (χ0v) is 13.1. The standard InChI is InChI=1S/C15H16N2OS2/c1-3-10(13-8-5-9-20-13)17-11-6-4-7-12(18-2)14(11)16-15(17)19/h4-10H,3H2,1-2H3,(H,16,19). The molecule has 0 saturated heterocycles. The van der Waals surface area contributed by atoms with Gasteiger partial charge in [0, 0.05) is 4.88 Å². The number of nitrogens with zero attached hydrogens (tertiary/aromatic N) is 1. The van der Waals surface area contributed by atoms with Crippen molar-refractivity contribution in [2.24, 2.45) is 0 Å². The molecule has 1 unspecified atom stereocenters. The van der Waals surface area contributed by atoms with E-state index < -0.39 is 0 Å². The number of H-pyrrole nitrogens is 1. The molecule has 0 aliphatic carbocycles. The predicted octanol–water partition coefficient (Wildman–Crippen LogP) is 4.77. The molecule has 0 aliphatic rings. The van der Waals surface area contributed by atoms with Gasteiger partial charge in [-0.05, 0) is 42.2 Å². The highest BCUT2D eigenvalue weighted by Crippen LogP contribution is 2.32. The van der Waals surface area contributed by atoms with Gasteiger partial charge in [0.15, 0.2) is 4.77 Å². The van der Waals surface area contributed by atoms with Crippen LogP contribution in [0.3, 0.4) is 0 Å². The van der Waals surface area contributed by atoms with Gasteiger partial charge in [0.2, 0.25) is 0 Å². The molecule has 0 bridgehead atoms. The maximum absolute atomic E-state index is 5.53. The van der Waals surface area contributed by atoms with E-state index in [1.807, 2.05) is 12.1 Å². The number of aromatic nitrogens is 2. The molecule has 1 N–H and O–H groups in total. The summed E-state index contributed by atoms with van der Waals surface area (Å²) in [5.41, 5.74) is 2.06. The summed E-state index contributed by atoms with van der Waals surface area (Å²) in [5.74, 6) is 0.827. The number of fused-ring (bicyclic) bond motifs is 1. The SMILES string of the molecule is CCC(c1cccs1)n1c(=S)[nH]c2c(OC)cccc21. The number of nitrogens with one attached hydrogen (secondary N) is 1. The van der Waals surface area contributed by atoms with Crippen LogP contribution in [-0.2, 0) is 0 Å². The average Bonchev–Trinajstić information content (AvgIpc) is 3.08. The van der Waals surface area contributed by atoms with Gasteiger partial charge in [-0.3, -0.25) is 0 Å². The number of ether oxygens (including phenoxy) is 1. The van der Waals surface area contributed by atoms with Gasteiger partial charge in [0.1, 0.15) is 11.3 Å². The Labute approximate surface area is 126 Å². The van der Waals surface area contributed by atoms with Crippen molar-refractivity contribution >= 4 is 34.6 Å². The van der Waals surface area contributed by atoms with Gasteiger partial charge < -0.3 is 14.3 Å². The van der Waals surface area contributed by atoms with Gasteiger partial charge in [0.05, 0.1) is 18.7 Å². The van der Waals surface area contributed by atoms with Crippen LogP contribution in [0.15, 0.2) is 35.7 Å². The van der Waals surface area contributed by atoms with Gasteiger partial charge in [-0.1, -0.05) is 19.1 Å². The molecule has 0 aliphatic heterocycles. The maximum atomic E-state index is 5.53. The molecule has 2 heterocycles. The lowest BCUT2D eigenvalue weighted by Crippen LogP contribution is -2.08. The molecule has 0 spiro atoms. The highest BCUT2D eigenvalue weighted by atomic mass is 32.1. The lowest BCUT2D eigenvalue weighted by atomic mass is 10.1. The first-order valence-electron chi connectivity index (χ1n) is 6.57. The van der Waals surface area contributed by atoms with Crippen LogP contribution in [0.2, 0.25) is 0 Å². The van der Waals surface area contributed by atoms with Crippen molar-refractivity contribution in [1.29, 1.82) is 0 Å². The van der Waals surface area contributed by atoms with Gasteiger partial charge >= 0.3 is 0 Å². The average molecular weight is 304 g/mol. The quantitative estimate of drug-likeness (QED) is 0.704. The number of methoxy groups -OCH3 is 1. The Bertz CT molecular complexity index is 771. The van der Waals surface area contributed by atoms with Gasteiger partial charge in [-0.15, -0.1) is 11.3 Å². The molecule has 0 fully saturated rings. The van der Waals surface area contributed by atoms with E-state index in [0.29, 0.717) is 0 Å². The maximum Gasteiger partial charge on any atom is 0.178 e. The second kappa shape index (κ2) is 5.42. The molecule has 20 heavy (non-hydrogen) atoms. The van der Waals surface area contributed by atoms with Crippen molar-refractivity contribution in [2.45, 2.75) is 19.4 Å². The van der Waals surface area contributed by atoms with Gasteiger partial charge in [0.25, 0.3) is 0 Å². The lowest BCUT2D eigenvalue weighted by Gasteiger charge is -2.16. The van der Waals surface area contributed by atoms with Crippen LogP contribution in [0.5, 0.6) is 5.75 Å². The van der Waals surface area contributed by atoms with Crippen LogP contribution in [0, 0.1) is 4.77 Å². The predicted molar refractivity (Wildman–Crippen MR) is 86.4 cm³/mol. The molecule has 1 aromatic carbocycles. The number of rotatable bonds is 4. The van der Waals surface area contributed by atoms with Crippen molar-refractivity contribution in [1.82, 2.24) is 9.55 Å². The van der Waals surface area contributed by atoms with Crippen LogP contribution < -0.4 is 4.74 Å². The van der Waals surface area contributed by atoms with Crippen LogP contribution in [-0.4, -0.2) is 16.7 Å². The van der Waals surface area contributed by atoms with Gasteiger partial charge in [-0.2, -0.15) is 0 Å². The number of para-hydroxylation sites is 1. The van der Waals surface area contributed by atoms with Crippen LogP contribution in [0.25, 0.3) is 11.0 Å². The minimum atomic E-state index is 0.267. The Kier molecular flexibility index (Phi) is 3.63. The molecule has 3 nitrogen and oxygen atoms in total. The Morgan fingerprint density at radius 2 is 2.20 bits per heavy atom. The van der Waals surface area contributed by atoms with E-state index in [0.717, 1.165) is 28.0 Å². The summed E-state index contributed by atoms with van der Waals surface area (Å²) in [7, 11) is 1.68. The summed E-state index contributed by atoms with van der Waals surface area (Å²) in [6.07, 6.45) is 0.999. The fourth-order valence-electron chi connectivity index (χ4n) is 2.59. The topological polar surface area (TPSA) is 29.9 Å². The molecule has 2 aromatic heterocycles. The molecule has 3 aromatic rings. The van der Waals surface area contributed by atoms with E-state index in [-0.39, 0.29) is 6.04 Å². The Hall–Kier alpha value is -1.59. The summed E-state index contributed by atoms with van der Waals surface area (Å²) >= 11 is 7.30. The second-order valence-electron chi connectivity index (χ2n) is 4.59. The zero-order valence-electron chi connectivity index (χ0n) is 11.4. The van der Waals surface area contributed by atoms with E-state index in [1.54, 1.807) is 18.4 Å². The largest absolute Gasteiger partial charge is 0.494 e. The number of imidazole rings is 1. The smallest absolute Gasteiger partial charge is 0.178 e. The second-order valence-corrected chi connectivity index (χ2v) is 5.96. The van der Waals surface area contributed by atoms with Crippen molar-refractivity contribution in [3.8, 4) is 5.75 Å². The third kappa shape index (κ3) is 2.07. The minimum absolute atomic E-state index is 0.267. The molecule has 5 heteroatoms. The first-order valence-corrected chi connectivity index (χ1v) is 7.85. The minimum Gasteiger partial charge on any atom is -0.494 e. The first kappa shape index (κ1) is 13.4. The van der Waals surface area contributed by atoms with Crippen molar-refractivity contribution in [2.75, 3.05) is 7.11 Å². The van der Waals surface area contributed by atoms with E-state index in [1.165, 1.54) is 4.88 Å². The normalized spacial score (nSPS) is 12.7. The Morgan fingerprint density at radius 1 is 1.35 bits per heavy atom. The molecular formula is C15H16N2OS2. The Morgan fingerprint density at radius 3 is 2.85 bits per heavy atom. The monoisotopic (exact) mass is 304 g/mol. The highest BCUT2D eigenvalue weighted by molar-refractivity contribution is 7.71. The van der Waals surface area contributed by atoms with Crippen LogP contribution in [0.4, 0.5) is 0 Å². The number of aromatic amines is 1. The molecule has 104 valence electrons. The molecular weight excluding hydrogens is 288 g/mol. The van der Waals surface area contributed by atoms with E-state index in [2.05, 4.69) is 40.1 Å². The Balaban J connectivity index is 2.25. The summed E-state index contributed by atoms with van der Waals surface area (Å²) in [4.78, 5) is 4.61. The number of benzene rings is 1. The van der Waals surface area contributed by atoms with Crippen LogP contribution >= 0.6 is 23.6 Å². The van der Waals surface area contributed by atoms with Crippen molar-refractivity contribution < 1.29 is 4.74 Å². The summed E-state index contributed by atoms with van der Waals surface area (Å²) in [5, 5.41) is 2.11. The highest BCUT2D eigenvalue weighted by Gasteiger charge is 2.18. The van der Waals surface area contributed by atoms with Crippen LogP contribution in [0.1, 0.15) is 24.3 Å². The fourth-order valence-corrected chi connectivity index (χ4v) is 3.82. The van der Waals surface area contributed by atoms with E-state index >= 15 is 0 Å². The lowest BCUT2D eigenvalue weighted by molar-refractivity contribution is 0.419. The van der Waals surface area contributed by atoms with E-state index in [4.69, 9.17) is 17.0 Å². The molecule has 3 rings (SSSR count). The zero-order chi connectivity index (χ0) is 14.1. The van der Waals surface area contributed by atoms with Gasteiger partial charge in [-0.25, -0.2) is 0 Å². The third-order valence-electron chi connectivity index (χ3n) is 3.50. The van der Waals surface area contributed by atoms with Crippen molar-refractivity contribution in [3.05, 3.63) is 45.4 Å². The third-order valence-corrected chi connectivity index (χ3v) is 4.78. The number of hydrogen-bond acceptors (Lipinski definition) is 3. The first-order chi connectivity index (χ1) is 9.76. The summed E-state index contributed by atoms with van der Waals surface area (Å²) in [6.45, 7) is 2.19. The van der Waals surface area contributed by atoms with Crippen molar-refractivity contribution in [3.63, 3.8) is 0 Å². The molecule has 0 saturated carbocycles. The number of hydrogen-bond donors (Lipinski definition) is 1.